The molecule has 29 heavy (non-hydrogen) atoms. The minimum absolute atomic E-state index is 0.0569. The van der Waals surface area contributed by atoms with Gasteiger partial charge < -0.3 is 9.88 Å². The van der Waals surface area contributed by atoms with Crippen molar-refractivity contribution >= 4 is 40.2 Å². The highest BCUT2D eigenvalue weighted by Crippen LogP contribution is 2.23. The number of aromatic nitrogens is 4. The zero-order valence-corrected chi connectivity index (χ0v) is 17.7. The zero-order valence-electron chi connectivity index (χ0n) is 16.1. The molecule has 148 valence electrons. The summed E-state index contributed by atoms with van der Waals surface area (Å²) in [6.07, 6.45) is 0. The molecule has 0 fully saturated rings. The average molecular weight is 426 g/mol. The van der Waals surface area contributed by atoms with E-state index in [2.05, 4.69) is 20.1 Å². The summed E-state index contributed by atoms with van der Waals surface area (Å²) < 4.78 is 4.01. The molecule has 0 radical (unpaired) electrons. The third-order valence-electron chi connectivity index (χ3n) is 4.71. The number of thioether (sulfide) groups is 1. The van der Waals surface area contributed by atoms with Crippen molar-refractivity contribution in [2.75, 3.05) is 5.75 Å². The van der Waals surface area contributed by atoms with E-state index < -0.39 is 0 Å². The van der Waals surface area contributed by atoms with Crippen LogP contribution in [0.15, 0.2) is 59.8 Å². The third-order valence-corrected chi connectivity index (χ3v) is 5.88. The van der Waals surface area contributed by atoms with E-state index in [1.807, 2.05) is 73.1 Å². The quantitative estimate of drug-likeness (QED) is 0.472. The molecule has 0 aliphatic rings. The Morgan fingerprint density at radius 2 is 1.93 bits per heavy atom. The van der Waals surface area contributed by atoms with Crippen molar-refractivity contribution in [3.8, 4) is 5.69 Å². The molecule has 2 aromatic heterocycles. The van der Waals surface area contributed by atoms with Crippen LogP contribution >= 0.6 is 23.4 Å². The van der Waals surface area contributed by atoms with Crippen LogP contribution in [0.4, 0.5) is 0 Å². The second-order valence-electron chi connectivity index (χ2n) is 6.66. The van der Waals surface area contributed by atoms with Gasteiger partial charge in [-0.3, -0.25) is 9.36 Å². The topological polar surface area (TPSA) is 64.7 Å². The predicted octanol–water partition coefficient (Wildman–Crippen LogP) is 4.13. The molecule has 0 spiro atoms. The Hall–Kier alpha value is -2.77. The maximum absolute atomic E-state index is 12.4. The van der Waals surface area contributed by atoms with Crippen LogP contribution in [0.25, 0.3) is 16.6 Å². The number of carbonyl (C=O) groups excluding carboxylic acids is 1. The number of nitrogens with one attached hydrogen (secondary N) is 1. The SMILES string of the molecule is Cc1nnc(SCC(=O)NCc2cc3cc(Cl)ccc3n2C)n1-c1ccccc1. The van der Waals surface area contributed by atoms with E-state index in [0.717, 1.165) is 28.1 Å². The van der Waals surface area contributed by atoms with E-state index in [9.17, 15) is 4.79 Å². The van der Waals surface area contributed by atoms with E-state index in [0.29, 0.717) is 16.7 Å². The first-order valence-corrected chi connectivity index (χ1v) is 10.5. The minimum atomic E-state index is -0.0569. The molecule has 4 rings (SSSR count). The van der Waals surface area contributed by atoms with Crippen molar-refractivity contribution in [2.24, 2.45) is 7.05 Å². The number of fused-ring (bicyclic) bond motifs is 1. The Kier molecular flexibility index (Phi) is 5.60. The molecule has 0 aliphatic carbocycles. The number of para-hydroxylation sites is 1. The molecule has 4 aromatic rings. The van der Waals surface area contributed by atoms with Crippen LogP contribution < -0.4 is 5.32 Å². The Balaban J connectivity index is 1.40. The molecule has 0 atom stereocenters. The molecule has 6 nitrogen and oxygen atoms in total. The van der Waals surface area contributed by atoms with Crippen LogP contribution in [0.5, 0.6) is 0 Å². The highest BCUT2D eigenvalue weighted by molar-refractivity contribution is 7.99. The second-order valence-corrected chi connectivity index (χ2v) is 8.04. The second kappa shape index (κ2) is 8.31. The Labute approximate surface area is 177 Å². The largest absolute Gasteiger partial charge is 0.350 e. The summed E-state index contributed by atoms with van der Waals surface area (Å²) in [6.45, 7) is 2.35. The summed E-state index contributed by atoms with van der Waals surface area (Å²) in [5.41, 5.74) is 3.08. The van der Waals surface area contributed by atoms with Crippen LogP contribution in [-0.2, 0) is 18.4 Å². The van der Waals surface area contributed by atoms with Gasteiger partial charge in [-0.2, -0.15) is 0 Å². The van der Waals surface area contributed by atoms with Crippen molar-refractivity contribution in [1.29, 1.82) is 0 Å². The van der Waals surface area contributed by atoms with E-state index in [4.69, 9.17) is 11.6 Å². The number of rotatable bonds is 6. The smallest absolute Gasteiger partial charge is 0.230 e. The molecule has 0 saturated heterocycles. The van der Waals surface area contributed by atoms with Crippen LogP contribution in [-0.4, -0.2) is 31.0 Å². The highest BCUT2D eigenvalue weighted by atomic mass is 35.5. The summed E-state index contributed by atoms with van der Waals surface area (Å²) in [6, 6.07) is 17.7. The minimum Gasteiger partial charge on any atom is -0.350 e. The van der Waals surface area contributed by atoms with E-state index >= 15 is 0 Å². The molecular weight excluding hydrogens is 406 g/mol. The first-order valence-electron chi connectivity index (χ1n) is 9.14. The maximum atomic E-state index is 12.4. The van der Waals surface area contributed by atoms with Gasteiger partial charge in [0.1, 0.15) is 5.82 Å². The van der Waals surface area contributed by atoms with Crippen molar-refractivity contribution < 1.29 is 4.79 Å². The highest BCUT2D eigenvalue weighted by Gasteiger charge is 2.14. The summed E-state index contributed by atoms with van der Waals surface area (Å²) >= 11 is 7.44. The lowest BCUT2D eigenvalue weighted by Gasteiger charge is -2.09. The predicted molar refractivity (Wildman–Crippen MR) is 117 cm³/mol. The zero-order chi connectivity index (χ0) is 20.4. The number of hydrogen-bond donors (Lipinski definition) is 1. The van der Waals surface area contributed by atoms with Crippen molar-refractivity contribution in [2.45, 2.75) is 18.6 Å². The molecule has 0 unspecified atom stereocenters. The van der Waals surface area contributed by atoms with Gasteiger partial charge in [0.05, 0.1) is 12.3 Å². The summed E-state index contributed by atoms with van der Waals surface area (Å²) in [5.74, 6) is 0.993. The fourth-order valence-electron chi connectivity index (χ4n) is 3.23. The van der Waals surface area contributed by atoms with Gasteiger partial charge in [-0.05, 0) is 43.3 Å². The van der Waals surface area contributed by atoms with Crippen LogP contribution in [0.1, 0.15) is 11.5 Å². The Morgan fingerprint density at radius 1 is 1.14 bits per heavy atom. The lowest BCUT2D eigenvalue weighted by molar-refractivity contribution is -0.118. The molecule has 1 amide bonds. The average Bonchev–Trinajstić information content (AvgIpc) is 3.24. The summed E-state index contributed by atoms with van der Waals surface area (Å²) in [5, 5.41) is 13.8. The van der Waals surface area contributed by atoms with Gasteiger partial charge >= 0.3 is 0 Å². The molecular formula is C21H20ClN5OS. The molecule has 2 heterocycles. The van der Waals surface area contributed by atoms with Gasteiger partial charge in [-0.15, -0.1) is 10.2 Å². The number of carbonyl (C=O) groups is 1. The van der Waals surface area contributed by atoms with Crippen molar-refractivity contribution in [1.82, 2.24) is 24.6 Å². The van der Waals surface area contributed by atoms with Gasteiger partial charge in [-0.25, -0.2) is 0 Å². The first-order chi connectivity index (χ1) is 14.0. The molecule has 1 N–H and O–H groups in total. The van der Waals surface area contributed by atoms with Crippen LogP contribution in [0, 0.1) is 6.92 Å². The van der Waals surface area contributed by atoms with Crippen LogP contribution in [0.2, 0.25) is 5.02 Å². The molecule has 0 bridgehead atoms. The third kappa shape index (κ3) is 4.16. The Morgan fingerprint density at radius 3 is 2.72 bits per heavy atom. The van der Waals surface area contributed by atoms with Gasteiger partial charge in [0.15, 0.2) is 5.16 Å². The summed E-state index contributed by atoms with van der Waals surface area (Å²) in [4.78, 5) is 12.4. The van der Waals surface area contributed by atoms with Gasteiger partial charge in [0.2, 0.25) is 5.91 Å². The van der Waals surface area contributed by atoms with Crippen molar-refractivity contribution in [3.05, 3.63) is 71.1 Å². The lowest BCUT2D eigenvalue weighted by Crippen LogP contribution is -2.25. The number of amides is 1. The number of aryl methyl sites for hydroxylation is 2. The monoisotopic (exact) mass is 425 g/mol. The van der Waals surface area contributed by atoms with Gasteiger partial charge in [-0.1, -0.05) is 41.6 Å². The fourth-order valence-corrected chi connectivity index (χ4v) is 4.24. The van der Waals surface area contributed by atoms with E-state index in [1.165, 1.54) is 11.8 Å². The lowest BCUT2D eigenvalue weighted by atomic mass is 10.2. The molecule has 2 aromatic carbocycles. The number of hydrogen-bond acceptors (Lipinski definition) is 4. The molecule has 0 saturated carbocycles. The summed E-state index contributed by atoms with van der Waals surface area (Å²) in [7, 11) is 1.98. The van der Waals surface area contributed by atoms with Gasteiger partial charge in [0, 0.05) is 34.4 Å². The van der Waals surface area contributed by atoms with Gasteiger partial charge in [0.25, 0.3) is 0 Å². The van der Waals surface area contributed by atoms with Crippen molar-refractivity contribution in [3.63, 3.8) is 0 Å². The number of halogens is 1. The standard InChI is InChI=1S/C21H20ClN5OS/c1-14-24-25-21(27(14)17-6-4-3-5-7-17)29-13-20(28)23-12-18-11-15-10-16(22)8-9-19(15)26(18)2/h3-11H,12-13H2,1-2H3,(H,23,28). The maximum Gasteiger partial charge on any atom is 0.230 e. The van der Waals surface area contributed by atoms with E-state index in [1.54, 1.807) is 0 Å². The fraction of sp³-hybridized carbons (Fsp3) is 0.190. The molecule has 8 heteroatoms. The number of nitrogens with zero attached hydrogens (tertiary/aromatic N) is 4. The van der Waals surface area contributed by atoms with Crippen LogP contribution in [0.3, 0.4) is 0 Å². The number of benzene rings is 2. The molecule has 0 aliphatic heterocycles. The first kappa shape index (κ1) is 19.5. The van der Waals surface area contributed by atoms with E-state index in [-0.39, 0.29) is 11.7 Å². The normalized spacial score (nSPS) is 11.1. The Bertz CT molecular complexity index is 1170.